The van der Waals surface area contributed by atoms with Gasteiger partial charge in [0.05, 0.1) is 12.7 Å². The van der Waals surface area contributed by atoms with Crippen LogP contribution in [0.5, 0.6) is 0 Å². The summed E-state index contributed by atoms with van der Waals surface area (Å²) in [6, 6.07) is 0. The molecule has 1 N–H and O–H groups in total. The minimum Gasteiger partial charge on any atom is -0.383 e. The maximum atomic E-state index is 6.25. The molecule has 0 amide bonds. The third kappa shape index (κ3) is 8.79. The first kappa shape index (κ1) is 26.1. The van der Waals surface area contributed by atoms with E-state index in [4.69, 9.17) is 14.5 Å². The normalized spacial score (nSPS) is 23.0. The van der Waals surface area contributed by atoms with Crippen LogP contribution in [0.25, 0.3) is 0 Å². The van der Waals surface area contributed by atoms with Crippen molar-refractivity contribution in [3.8, 4) is 0 Å². The predicted octanol–water partition coefficient (Wildman–Crippen LogP) is 3.60. The number of hydrogen-bond acceptors (Lipinski definition) is 4. The van der Waals surface area contributed by atoms with Crippen molar-refractivity contribution < 1.29 is 9.47 Å². The molecule has 0 aromatic rings. The molecule has 176 valence electrons. The Morgan fingerprint density at radius 3 is 2.30 bits per heavy atom. The molecule has 30 heavy (non-hydrogen) atoms. The molecular formula is C23H45IN4O2. The Labute approximate surface area is 201 Å². The molecule has 0 atom stereocenters. The van der Waals surface area contributed by atoms with E-state index >= 15 is 0 Å². The first-order valence-electron chi connectivity index (χ1n) is 12.1. The smallest absolute Gasteiger partial charge is 0.193 e. The summed E-state index contributed by atoms with van der Waals surface area (Å²) in [4.78, 5) is 10.00. The highest BCUT2D eigenvalue weighted by Gasteiger charge is 2.24. The first-order valence-corrected chi connectivity index (χ1v) is 12.1. The Hall–Kier alpha value is -0.120. The molecule has 2 aliphatic heterocycles. The predicted molar refractivity (Wildman–Crippen MR) is 135 cm³/mol. The number of ether oxygens (including phenoxy) is 2. The lowest BCUT2D eigenvalue weighted by molar-refractivity contribution is 0.000998. The summed E-state index contributed by atoms with van der Waals surface area (Å²) in [7, 11) is 1.79. The number of aliphatic imine (C=N–C) groups is 1. The minimum atomic E-state index is 0. The number of methoxy groups -OCH3 is 1. The molecule has 0 aromatic carbocycles. The van der Waals surface area contributed by atoms with Crippen LogP contribution in [0, 0.1) is 11.8 Å². The summed E-state index contributed by atoms with van der Waals surface area (Å²) in [5.74, 6) is 2.66. The zero-order valence-electron chi connectivity index (χ0n) is 19.3. The summed E-state index contributed by atoms with van der Waals surface area (Å²) >= 11 is 0. The van der Waals surface area contributed by atoms with Gasteiger partial charge in [-0.15, -0.1) is 24.0 Å². The number of hydrogen-bond donors (Lipinski definition) is 1. The van der Waals surface area contributed by atoms with Gasteiger partial charge in [0.15, 0.2) is 5.96 Å². The van der Waals surface area contributed by atoms with Crippen LogP contribution in [0.1, 0.15) is 58.3 Å². The summed E-state index contributed by atoms with van der Waals surface area (Å²) in [5.41, 5.74) is 0. The van der Waals surface area contributed by atoms with Crippen LogP contribution in [0.3, 0.4) is 0 Å². The van der Waals surface area contributed by atoms with Crippen LogP contribution in [0.2, 0.25) is 0 Å². The summed E-state index contributed by atoms with van der Waals surface area (Å²) in [5, 5.41) is 3.53. The van der Waals surface area contributed by atoms with Gasteiger partial charge in [-0.3, -0.25) is 4.99 Å². The molecule has 0 bridgehead atoms. The molecule has 2 heterocycles. The summed E-state index contributed by atoms with van der Waals surface area (Å²) in [6.07, 6.45) is 10.8. The number of halogens is 1. The van der Waals surface area contributed by atoms with E-state index in [1.54, 1.807) is 7.11 Å². The van der Waals surface area contributed by atoms with Crippen LogP contribution in [-0.4, -0.2) is 88.0 Å². The second-order valence-corrected chi connectivity index (χ2v) is 9.14. The number of likely N-dealkylation sites (tertiary alicyclic amines) is 2. The molecule has 6 nitrogen and oxygen atoms in total. The van der Waals surface area contributed by atoms with E-state index in [0.29, 0.717) is 6.10 Å². The fourth-order valence-electron chi connectivity index (χ4n) is 4.94. The van der Waals surface area contributed by atoms with Crippen molar-refractivity contribution >= 4 is 29.9 Å². The fourth-order valence-corrected chi connectivity index (χ4v) is 4.94. The van der Waals surface area contributed by atoms with Gasteiger partial charge in [-0.2, -0.15) is 0 Å². The standard InChI is InChI=1S/C23H44N4O2.HI/c1-3-24-23(25-18-20-8-12-26(13-9-20)16-17-28-2)27-14-10-22(11-15-27)29-19-21-6-4-5-7-21;/h20-22H,3-19H2,1-2H3,(H,24,25);1H. The molecule has 0 aromatic heterocycles. The minimum absolute atomic E-state index is 0. The number of nitrogens with one attached hydrogen (secondary N) is 1. The Balaban J connectivity index is 0.00000320. The third-order valence-corrected chi connectivity index (χ3v) is 6.94. The largest absolute Gasteiger partial charge is 0.383 e. The molecule has 1 aliphatic carbocycles. The van der Waals surface area contributed by atoms with Crippen molar-refractivity contribution in [2.75, 3.05) is 66.1 Å². The average Bonchev–Trinajstić information content (AvgIpc) is 3.29. The van der Waals surface area contributed by atoms with E-state index in [1.807, 2.05) is 0 Å². The molecule has 1 saturated carbocycles. The van der Waals surface area contributed by atoms with Gasteiger partial charge in [-0.05, 0) is 70.4 Å². The Bertz CT molecular complexity index is 472. The Morgan fingerprint density at radius 1 is 0.967 bits per heavy atom. The van der Waals surface area contributed by atoms with Gasteiger partial charge in [0.25, 0.3) is 0 Å². The van der Waals surface area contributed by atoms with E-state index in [0.717, 1.165) is 76.6 Å². The molecule has 3 fully saturated rings. The molecule has 0 radical (unpaired) electrons. The highest BCUT2D eigenvalue weighted by Crippen LogP contribution is 2.26. The second-order valence-electron chi connectivity index (χ2n) is 9.14. The Morgan fingerprint density at radius 2 is 1.67 bits per heavy atom. The summed E-state index contributed by atoms with van der Waals surface area (Å²) < 4.78 is 11.5. The number of guanidine groups is 1. The lowest BCUT2D eigenvalue weighted by Crippen LogP contribution is -2.47. The third-order valence-electron chi connectivity index (χ3n) is 6.94. The van der Waals surface area contributed by atoms with Crippen molar-refractivity contribution in [1.29, 1.82) is 0 Å². The van der Waals surface area contributed by atoms with Gasteiger partial charge < -0.3 is 24.6 Å². The van der Waals surface area contributed by atoms with Gasteiger partial charge in [0.2, 0.25) is 0 Å². The van der Waals surface area contributed by atoms with Crippen molar-refractivity contribution in [2.45, 2.75) is 64.4 Å². The lowest BCUT2D eigenvalue weighted by Gasteiger charge is -2.35. The van der Waals surface area contributed by atoms with Crippen LogP contribution in [0.15, 0.2) is 4.99 Å². The highest BCUT2D eigenvalue weighted by atomic mass is 127. The van der Waals surface area contributed by atoms with Crippen molar-refractivity contribution in [3.05, 3.63) is 0 Å². The van der Waals surface area contributed by atoms with Crippen LogP contribution < -0.4 is 5.32 Å². The molecule has 0 unspecified atom stereocenters. The van der Waals surface area contributed by atoms with E-state index in [-0.39, 0.29) is 24.0 Å². The second kappa shape index (κ2) is 14.9. The van der Waals surface area contributed by atoms with Gasteiger partial charge in [-0.1, -0.05) is 12.8 Å². The molecule has 3 aliphatic rings. The van der Waals surface area contributed by atoms with Crippen LogP contribution >= 0.6 is 24.0 Å². The number of piperidine rings is 2. The van der Waals surface area contributed by atoms with Crippen LogP contribution in [0.4, 0.5) is 0 Å². The van der Waals surface area contributed by atoms with Gasteiger partial charge in [0, 0.05) is 46.4 Å². The molecular weight excluding hydrogens is 491 g/mol. The quantitative estimate of drug-likeness (QED) is 0.277. The number of rotatable bonds is 9. The molecule has 7 heteroatoms. The van der Waals surface area contributed by atoms with E-state index in [2.05, 4.69) is 22.0 Å². The average molecular weight is 537 g/mol. The van der Waals surface area contributed by atoms with Crippen LogP contribution in [-0.2, 0) is 9.47 Å². The van der Waals surface area contributed by atoms with Crippen molar-refractivity contribution in [1.82, 2.24) is 15.1 Å². The lowest BCUT2D eigenvalue weighted by atomic mass is 9.97. The maximum Gasteiger partial charge on any atom is 0.193 e. The van der Waals surface area contributed by atoms with E-state index in [1.165, 1.54) is 51.6 Å². The Kier molecular flexibility index (Phi) is 12.9. The summed E-state index contributed by atoms with van der Waals surface area (Å²) in [6.45, 7) is 11.5. The zero-order valence-corrected chi connectivity index (χ0v) is 21.6. The van der Waals surface area contributed by atoms with E-state index in [9.17, 15) is 0 Å². The van der Waals surface area contributed by atoms with Gasteiger partial charge in [0.1, 0.15) is 0 Å². The van der Waals surface area contributed by atoms with Gasteiger partial charge in [-0.25, -0.2) is 0 Å². The van der Waals surface area contributed by atoms with E-state index < -0.39 is 0 Å². The maximum absolute atomic E-state index is 6.25. The molecule has 2 saturated heterocycles. The topological polar surface area (TPSA) is 49.3 Å². The van der Waals surface area contributed by atoms with Crippen molar-refractivity contribution in [2.24, 2.45) is 16.8 Å². The first-order chi connectivity index (χ1) is 14.3. The van der Waals surface area contributed by atoms with Gasteiger partial charge >= 0.3 is 0 Å². The van der Waals surface area contributed by atoms with Crippen molar-refractivity contribution in [3.63, 3.8) is 0 Å². The monoisotopic (exact) mass is 536 g/mol. The number of nitrogens with zero attached hydrogens (tertiary/aromatic N) is 3. The SMILES string of the molecule is CCNC(=NCC1CCN(CCOC)CC1)N1CCC(OCC2CCCC2)CC1.I. The molecule has 3 rings (SSSR count). The zero-order chi connectivity index (χ0) is 20.3. The fraction of sp³-hybridized carbons (Fsp3) is 0.957. The highest BCUT2D eigenvalue weighted by molar-refractivity contribution is 14.0. The molecule has 0 spiro atoms.